The molecule has 1 aliphatic heterocycles. The molecular formula is C17H27IN4O4S. The van der Waals surface area contributed by atoms with Gasteiger partial charge in [0.1, 0.15) is 0 Å². The predicted octanol–water partition coefficient (Wildman–Crippen LogP) is 2.23. The zero-order valence-corrected chi connectivity index (χ0v) is 19.0. The van der Waals surface area contributed by atoms with Crippen LogP contribution in [0.1, 0.15) is 26.3 Å². The van der Waals surface area contributed by atoms with Gasteiger partial charge in [-0.2, -0.15) is 0 Å². The number of nitro groups is 1. The number of guanidine groups is 1. The largest absolute Gasteiger partial charge is 0.357 e. The quantitative estimate of drug-likeness (QED) is 0.214. The van der Waals surface area contributed by atoms with Crippen molar-refractivity contribution in [1.29, 1.82) is 0 Å². The first kappa shape index (κ1) is 23.6. The Balaban J connectivity index is 0.00000364. The van der Waals surface area contributed by atoms with E-state index in [9.17, 15) is 18.5 Å². The first-order chi connectivity index (χ1) is 12.2. The molecule has 1 aromatic carbocycles. The summed E-state index contributed by atoms with van der Waals surface area (Å²) >= 11 is 0. The highest BCUT2D eigenvalue weighted by molar-refractivity contribution is 14.0. The van der Waals surface area contributed by atoms with E-state index in [-0.39, 0.29) is 35.4 Å². The zero-order chi connectivity index (χ0) is 19.4. The molecule has 1 heterocycles. The fraction of sp³-hybridized carbons (Fsp3) is 0.588. The van der Waals surface area contributed by atoms with E-state index in [1.165, 1.54) is 12.1 Å². The van der Waals surface area contributed by atoms with Crippen LogP contribution in [-0.4, -0.2) is 60.9 Å². The topological polar surface area (TPSA) is 105 Å². The number of benzene rings is 1. The molecule has 0 aromatic heterocycles. The fourth-order valence-corrected chi connectivity index (χ4v) is 4.19. The molecule has 0 atom stereocenters. The van der Waals surface area contributed by atoms with Crippen molar-refractivity contribution in [2.24, 2.45) is 4.99 Å². The first-order valence-corrected chi connectivity index (χ1v) is 10.3. The number of sulfone groups is 1. The highest BCUT2D eigenvalue weighted by Crippen LogP contribution is 2.23. The van der Waals surface area contributed by atoms with Gasteiger partial charge >= 0.3 is 0 Å². The summed E-state index contributed by atoms with van der Waals surface area (Å²) in [5.41, 5.74) is 1.04. The van der Waals surface area contributed by atoms with Gasteiger partial charge in [0.25, 0.3) is 5.69 Å². The third-order valence-corrected chi connectivity index (χ3v) is 7.02. The molecule has 0 spiro atoms. The Hall–Kier alpha value is -1.43. The second-order valence-corrected chi connectivity index (χ2v) is 9.65. The van der Waals surface area contributed by atoms with Gasteiger partial charge in [-0.15, -0.1) is 24.0 Å². The summed E-state index contributed by atoms with van der Waals surface area (Å²) in [5.74, 6) is 0.824. The molecule has 0 amide bonds. The van der Waals surface area contributed by atoms with Crippen molar-refractivity contribution >= 4 is 45.5 Å². The molecule has 1 aromatic rings. The lowest BCUT2D eigenvalue weighted by Gasteiger charge is -2.39. The third-order valence-electron chi connectivity index (χ3n) is 4.49. The van der Waals surface area contributed by atoms with E-state index in [1.54, 1.807) is 26.0 Å². The molecular weight excluding hydrogens is 483 g/mol. The third kappa shape index (κ3) is 6.03. The summed E-state index contributed by atoms with van der Waals surface area (Å²) in [4.78, 5) is 16.9. The number of rotatable bonds is 5. The molecule has 0 bridgehead atoms. The van der Waals surface area contributed by atoms with Crippen molar-refractivity contribution < 1.29 is 13.3 Å². The Labute approximate surface area is 177 Å². The van der Waals surface area contributed by atoms with Gasteiger partial charge in [-0.1, -0.05) is 12.1 Å². The Morgan fingerprint density at radius 2 is 1.96 bits per heavy atom. The number of hydrogen-bond donors (Lipinski definition) is 1. The Bertz CT molecular complexity index is 779. The standard InChI is InChI=1S/C17H26N4O4S.HI/c1-4-18-16(20-11-12-26(24,25)17(2,3)13-20)19-10-9-14-5-7-15(8-6-14)21(22)23;/h5-8H,4,9-13H2,1-3H3,(H,18,19);1H. The average Bonchev–Trinajstić information content (AvgIpc) is 2.57. The number of nitrogens with one attached hydrogen (secondary N) is 1. The average molecular weight is 510 g/mol. The van der Waals surface area contributed by atoms with Crippen molar-refractivity contribution in [3.8, 4) is 0 Å². The van der Waals surface area contributed by atoms with Gasteiger partial charge in [-0.05, 0) is 32.8 Å². The van der Waals surface area contributed by atoms with Crippen LogP contribution in [0.3, 0.4) is 0 Å². The smallest absolute Gasteiger partial charge is 0.269 e. The van der Waals surface area contributed by atoms with Crippen LogP contribution in [0, 0.1) is 10.1 Å². The lowest BCUT2D eigenvalue weighted by atomic mass is 10.1. The van der Waals surface area contributed by atoms with Crippen LogP contribution in [0.4, 0.5) is 5.69 Å². The number of aliphatic imine (C=N–C) groups is 1. The van der Waals surface area contributed by atoms with Gasteiger partial charge in [0.15, 0.2) is 15.8 Å². The van der Waals surface area contributed by atoms with Crippen molar-refractivity contribution in [1.82, 2.24) is 10.2 Å². The molecule has 152 valence electrons. The van der Waals surface area contributed by atoms with Crippen molar-refractivity contribution in [3.05, 3.63) is 39.9 Å². The van der Waals surface area contributed by atoms with Crippen molar-refractivity contribution in [3.63, 3.8) is 0 Å². The van der Waals surface area contributed by atoms with E-state index >= 15 is 0 Å². The van der Waals surface area contributed by atoms with Crippen LogP contribution >= 0.6 is 24.0 Å². The van der Waals surface area contributed by atoms with E-state index in [4.69, 9.17) is 0 Å². The summed E-state index contributed by atoms with van der Waals surface area (Å²) < 4.78 is 23.5. The van der Waals surface area contributed by atoms with Crippen LogP contribution in [0.2, 0.25) is 0 Å². The summed E-state index contributed by atoms with van der Waals surface area (Å²) in [5, 5.41) is 13.9. The summed E-state index contributed by atoms with van der Waals surface area (Å²) in [6.45, 7) is 7.50. The first-order valence-electron chi connectivity index (χ1n) is 8.65. The van der Waals surface area contributed by atoms with E-state index in [1.807, 2.05) is 11.8 Å². The van der Waals surface area contributed by atoms with Gasteiger partial charge in [-0.25, -0.2) is 8.42 Å². The normalized spacial score (nSPS) is 18.5. The predicted molar refractivity (Wildman–Crippen MR) is 118 cm³/mol. The van der Waals surface area contributed by atoms with Gasteiger partial charge in [0, 0.05) is 38.3 Å². The number of nitro benzene ring substituents is 1. The molecule has 1 aliphatic rings. The van der Waals surface area contributed by atoms with Crippen LogP contribution in [0.25, 0.3) is 0 Å². The van der Waals surface area contributed by atoms with Crippen molar-refractivity contribution in [2.45, 2.75) is 31.9 Å². The van der Waals surface area contributed by atoms with Crippen LogP contribution < -0.4 is 5.32 Å². The molecule has 0 radical (unpaired) electrons. The fourth-order valence-electron chi connectivity index (χ4n) is 2.83. The molecule has 1 fully saturated rings. The molecule has 0 unspecified atom stereocenters. The minimum Gasteiger partial charge on any atom is -0.357 e. The minimum absolute atomic E-state index is 0. The van der Waals surface area contributed by atoms with E-state index in [0.29, 0.717) is 38.6 Å². The summed E-state index contributed by atoms with van der Waals surface area (Å²) in [6.07, 6.45) is 0.655. The molecule has 2 rings (SSSR count). The maximum absolute atomic E-state index is 12.2. The number of nitrogens with zero attached hydrogens (tertiary/aromatic N) is 3. The van der Waals surface area contributed by atoms with Gasteiger partial charge in [0.05, 0.1) is 15.4 Å². The maximum Gasteiger partial charge on any atom is 0.269 e. The van der Waals surface area contributed by atoms with E-state index in [2.05, 4.69) is 10.3 Å². The molecule has 0 aliphatic carbocycles. The molecule has 0 saturated carbocycles. The van der Waals surface area contributed by atoms with Gasteiger partial charge in [-0.3, -0.25) is 15.1 Å². The molecule has 27 heavy (non-hydrogen) atoms. The van der Waals surface area contributed by atoms with Gasteiger partial charge < -0.3 is 10.2 Å². The monoisotopic (exact) mass is 510 g/mol. The summed E-state index contributed by atoms with van der Waals surface area (Å²) in [7, 11) is -3.10. The number of halogens is 1. The highest BCUT2D eigenvalue weighted by atomic mass is 127. The second-order valence-electron chi connectivity index (χ2n) is 6.91. The molecule has 10 heteroatoms. The van der Waals surface area contributed by atoms with E-state index < -0.39 is 19.5 Å². The lowest BCUT2D eigenvalue weighted by molar-refractivity contribution is -0.384. The molecule has 1 saturated heterocycles. The van der Waals surface area contributed by atoms with Crippen LogP contribution in [-0.2, 0) is 16.3 Å². The molecule has 8 nitrogen and oxygen atoms in total. The van der Waals surface area contributed by atoms with Crippen molar-refractivity contribution in [2.75, 3.05) is 31.9 Å². The second kappa shape index (κ2) is 9.67. The Morgan fingerprint density at radius 3 is 2.48 bits per heavy atom. The maximum atomic E-state index is 12.2. The minimum atomic E-state index is -3.10. The lowest BCUT2D eigenvalue weighted by Crippen LogP contribution is -2.57. The highest BCUT2D eigenvalue weighted by Gasteiger charge is 2.40. The van der Waals surface area contributed by atoms with Crippen LogP contribution in [0.15, 0.2) is 29.3 Å². The molecule has 1 N–H and O–H groups in total. The van der Waals surface area contributed by atoms with Crippen LogP contribution in [0.5, 0.6) is 0 Å². The SMILES string of the molecule is CCNC(=NCCc1ccc([N+](=O)[O-])cc1)N1CCS(=O)(=O)C(C)(C)C1.I. The Kier molecular flexibility index (Phi) is 8.46. The number of hydrogen-bond acceptors (Lipinski definition) is 5. The summed E-state index contributed by atoms with van der Waals surface area (Å²) in [6, 6.07) is 6.44. The number of non-ortho nitro benzene ring substituents is 1. The van der Waals surface area contributed by atoms with Gasteiger partial charge in [0.2, 0.25) is 0 Å². The Morgan fingerprint density at radius 1 is 1.33 bits per heavy atom. The zero-order valence-electron chi connectivity index (χ0n) is 15.8. The van der Waals surface area contributed by atoms with E-state index in [0.717, 1.165) is 5.56 Å².